The fraction of sp³-hybridized carbons (Fsp3) is 0.294. The molecule has 0 N–H and O–H groups in total. The molecule has 0 amide bonds. The molecular formula is C17H16Cl2N4O2. The van der Waals surface area contributed by atoms with E-state index in [-0.39, 0.29) is 6.10 Å². The number of halogens is 2. The molecule has 1 aliphatic heterocycles. The predicted molar refractivity (Wildman–Crippen MR) is 93.4 cm³/mol. The molecule has 3 aromatic rings. The molecule has 6 nitrogen and oxygen atoms in total. The first kappa shape index (κ1) is 16.6. The van der Waals surface area contributed by atoms with Crippen molar-refractivity contribution < 1.29 is 9.47 Å². The van der Waals surface area contributed by atoms with Crippen molar-refractivity contribution in [3.63, 3.8) is 0 Å². The molecular weight excluding hydrogens is 363 g/mol. The van der Waals surface area contributed by atoms with Crippen molar-refractivity contribution in [2.75, 3.05) is 6.61 Å². The van der Waals surface area contributed by atoms with Gasteiger partial charge in [-0.05, 0) is 12.1 Å². The topological polar surface area (TPSA) is 54.1 Å². The van der Waals surface area contributed by atoms with Crippen molar-refractivity contribution in [3.8, 4) is 0 Å². The van der Waals surface area contributed by atoms with Gasteiger partial charge < -0.3 is 18.6 Å². The van der Waals surface area contributed by atoms with Gasteiger partial charge in [-0.15, -0.1) is 0 Å². The molecule has 0 radical (unpaired) electrons. The summed E-state index contributed by atoms with van der Waals surface area (Å²) >= 11 is 12.5. The third kappa shape index (κ3) is 3.43. The first-order valence-corrected chi connectivity index (χ1v) is 8.59. The van der Waals surface area contributed by atoms with Gasteiger partial charge in [0.1, 0.15) is 6.10 Å². The standard InChI is InChI=1S/C17H16Cl2N4O2/c18-13-1-2-15(16(19)7-13)17(10-23-6-4-21-12-23)24-9-14(25-17)8-22-5-3-20-11-22/h1-7,11-12,14H,8-10H2. The Morgan fingerprint density at radius 3 is 2.56 bits per heavy atom. The lowest BCUT2D eigenvalue weighted by atomic mass is 10.1. The zero-order chi connectivity index (χ0) is 17.3. The summed E-state index contributed by atoms with van der Waals surface area (Å²) in [6, 6.07) is 5.33. The largest absolute Gasteiger partial charge is 0.342 e. The van der Waals surface area contributed by atoms with Gasteiger partial charge in [0, 0.05) is 35.4 Å². The van der Waals surface area contributed by atoms with E-state index in [0.717, 1.165) is 5.56 Å². The molecule has 2 aromatic heterocycles. The van der Waals surface area contributed by atoms with Crippen LogP contribution in [0.25, 0.3) is 0 Å². The lowest BCUT2D eigenvalue weighted by Gasteiger charge is -2.30. The average Bonchev–Trinajstić information content (AvgIpc) is 3.31. The van der Waals surface area contributed by atoms with Gasteiger partial charge in [0.05, 0.1) is 37.4 Å². The Balaban J connectivity index is 1.65. The highest BCUT2D eigenvalue weighted by Crippen LogP contribution is 2.40. The predicted octanol–water partition coefficient (Wildman–Crippen LogP) is 3.36. The highest BCUT2D eigenvalue weighted by atomic mass is 35.5. The molecule has 3 heterocycles. The third-order valence-electron chi connectivity index (χ3n) is 4.12. The van der Waals surface area contributed by atoms with Crippen LogP contribution in [0.5, 0.6) is 0 Å². The molecule has 25 heavy (non-hydrogen) atoms. The lowest BCUT2D eigenvalue weighted by molar-refractivity contribution is -0.188. The lowest BCUT2D eigenvalue weighted by Crippen LogP contribution is -2.34. The molecule has 130 valence electrons. The Bertz CT molecular complexity index is 838. The van der Waals surface area contributed by atoms with Crippen LogP contribution in [0.1, 0.15) is 5.56 Å². The molecule has 0 bridgehead atoms. The van der Waals surface area contributed by atoms with Crippen LogP contribution in [0.2, 0.25) is 10.0 Å². The van der Waals surface area contributed by atoms with Gasteiger partial charge in [0.15, 0.2) is 0 Å². The Morgan fingerprint density at radius 1 is 1.12 bits per heavy atom. The maximum atomic E-state index is 6.45. The highest BCUT2D eigenvalue weighted by molar-refractivity contribution is 6.35. The fourth-order valence-electron chi connectivity index (χ4n) is 3.01. The highest BCUT2D eigenvalue weighted by Gasteiger charge is 2.45. The van der Waals surface area contributed by atoms with Gasteiger partial charge >= 0.3 is 0 Å². The number of hydrogen-bond donors (Lipinski definition) is 0. The van der Waals surface area contributed by atoms with E-state index in [1.807, 2.05) is 27.6 Å². The summed E-state index contributed by atoms with van der Waals surface area (Å²) in [6.07, 6.45) is 10.6. The summed E-state index contributed by atoms with van der Waals surface area (Å²) in [5.41, 5.74) is 0.750. The number of imidazole rings is 2. The maximum Gasteiger partial charge on any atom is 0.215 e. The van der Waals surface area contributed by atoms with Gasteiger partial charge in [0.25, 0.3) is 0 Å². The first-order chi connectivity index (χ1) is 12.1. The molecule has 0 saturated carbocycles. The zero-order valence-electron chi connectivity index (χ0n) is 13.3. The number of nitrogens with zero attached hydrogens (tertiary/aromatic N) is 4. The Labute approximate surface area is 154 Å². The van der Waals surface area contributed by atoms with Crippen molar-refractivity contribution >= 4 is 23.2 Å². The number of aromatic nitrogens is 4. The summed E-state index contributed by atoms with van der Waals surface area (Å²) in [5.74, 6) is -0.992. The van der Waals surface area contributed by atoms with E-state index in [4.69, 9.17) is 32.7 Å². The van der Waals surface area contributed by atoms with Gasteiger partial charge in [-0.3, -0.25) is 0 Å². The minimum Gasteiger partial charge on any atom is -0.342 e. The fourth-order valence-corrected chi connectivity index (χ4v) is 3.57. The Kier molecular flexibility index (Phi) is 4.52. The quantitative estimate of drug-likeness (QED) is 0.682. The van der Waals surface area contributed by atoms with Crippen molar-refractivity contribution in [3.05, 3.63) is 71.2 Å². The van der Waals surface area contributed by atoms with Crippen LogP contribution >= 0.6 is 23.2 Å². The third-order valence-corrected chi connectivity index (χ3v) is 4.67. The monoisotopic (exact) mass is 378 g/mol. The number of ether oxygens (including phenoxy) is 2. The molecule has 0 spiro atoms. The van der Waals surface area contributed by atoms with Crippen LogP contribution < -0.4 is 0 Å². The van der Waals surface area contributed by atoms with Gasteiger partial charge in [-0.2, -0.15) is 0 Å². The average molecular weight is 379 g/mol. The Morgan fingerprint density at radius 2 is 1.88 bits per heavy atom. The molecule has 0 aliphatic carbocycles. The van der Waals surface area contributed by atoms with E-state index >= 15 is 0 Å². The normalized spacial score (nSPS) is 23.2. The summed E-state index contributed by atoms with van der Waals surface area (Å²) in [7, 11) is 0. The second-order valence-electron chi connectivity index (χ2n) is 5.92. The van der Waals surface area contributed by atoms with Crippen LogP contribution in [-0.4, -0.2) is 31.8 Å². The maximum absolute atomic E-state index is 6.45. The second kappa shape index (κ2) is 6.80. The van der Waals surface area contributed by atoms with Crippen molar-refractivity contribution in [2.45, 2.75) is 25.0 Å². The van der Waals surface area contributed by atoms with E-state index in [0.29, 0.717) is 29.7 Å². The van der Waals surface area contributed by atoms with Crippen molar-refractivity contribution in [1.82, 2.24) is 19.1 Å². The minimum atomic E-state index is -0.992. The van der Waals surface area contributed by atoms with Gasteiger partial charge in [-0.1, -0.05) is 29.3 Å². The van der Waals surface area contributed by atoms with Crippen LogP contribution in [0, 0.1) is 0 Å². The molecule has 1 aromatic carbocycles. The SMILES string of the molecule is Clc1ccc(C2(Cn3ccnc3)OCC(Cn3ccnc3)O2)c(Cl)c1. The van der Waals surface area contributed by atoms with Crippen LogP contribution in [0.3, 0.4) is 0 Å². The van der Waals surface area contributed by atoms with E-state index in [1.54, 1.807) is 37.2 Å². The zero-order valence-corrected chi connectivity index (χ0v) is 14.8. The summed E-state index contributed by atoms with van der Waals surface area (Å²) in [6.45, 7) is 1.54. The van der Waals surface area contributed by atoms with E-state index in [9.17, 15) is 0 Å². The number of rotatable bonds is 5. The summed E-state index contributed by atoms with van der Waals surface area (Å²) < 4.78 is 16.4. The van der Waals surface area contributed by atoms with Crippen LogP contribution in [-0.2, 0) is 28.4 Å². The van der Waals surface area contributed by atoms with Gasteiger partial charge in [0.2, 0.25) is 5.79 Å². The smallest absolute Gasteiger partial charge is 0.215 e. The second-order valence-corrected chi connectivity index (χ2v) is 6.77. The molecule has 2 unspecified atom stereocenters. The van der Waals surface area contributed by atoms with E-state index in [1.165, 1.54) is 0 Å². The minimum absolute atomic E-state index is 0.121. The molecule has 4 rings (SSSR count). The molecule has 2 atom stereocenters. The molecule has 8 heteroatoms. The summed E-state index contributed by atoms with van der Waals surface area (Å²) in [5, 5.41) is 1.08. The number of benzene rings is 1. The molecule has 1 saturated heterocycles. The van der Waals surface area contributed by atoms with Crippen molar-refractivity contribution in [2.24, 2.45) is 0 Å². The number of hydrogen-bond acceptors (Lipinski definition) is 4. The van der Waals surface area contributed by atoms with Gasteiger partial charge in [-0.25, -0.2) is 9.97 Å². The Hall–Kier alpha value is -1.86. The van der Waals surface area contributed by atoms with Crippen LogP contribution in [0.15, 0.2) is 55.6 Å². The van der Waals surface area contributed by atoms with E-state index < -0.39 is 5.79 Å². The molecule has 1 aliphatic rings. The van der Waals surface area contributed by atoms with Crippen molar-refractivity contribution in [1.29, 1.82) is 0 Å². The summed E-state index contributed by atoms with van der Waals surface area (Å²) in [4.78, 5) is 8.15. The molecule has 1 fully saturated rings. The van der Waals surface area contributed by atoms with Crippen LogP contribution in [0.4, 0.5) is 0 Å². The first-order valence-electron chi connectivity index (χ1n) is 7.83. The van der Waals surface area contributed by atoms with E-state index in [2.05, 4.69) is 9.97 Å².